The molecular weight excluding hydrogens is 258 g/mol. The van der Waals surface area contributed by atoms with Crippen molar-refractivity contribution in [2.75, 3.05) is 6.54 Å². The lowest BCUT2D eigenvalue weighted by atomic mass is 9.91. The van der Waals surface area contributed by atoms with Gasteiger partial charge in [0.05, 0.1) is 12.3 Å². The third-order valence-electron chi connectivity index (χ3n) is 4.13. The van der Waals surface area contributed by atoms with Crippen molar-refractivity contribution in [1.82, 2.24) is 5.32 Å². The molecule has 0 fully saturated rings. The summed E-state index contributed by atoms with van der Waals surface area (Å²) >= 11 is 0. The molecule has 0 amide bonds. The van der Waals surface area contributed by atoms with E-state index in [1.54, 1.807) is 0 Å². The molecule has 0 spiro atoms. The summed E-state index contributed by atoms with van der Waals surface area (Å²) in [4.78, 5) is 0. The van der Waals surface area contributed by atoms with Gasteiger partial charge in [0.25, 0.3) is 0 Å². The van der Waals surface area contributed by atoms with Crippen molar-refractivity contribution in [3.05, 3.63) is 58.5 Å². The molecule has 1 aromatic carbocycles. The van der Waals surface area contributed by atoms with Crippen molar-refractivity contribution >= 4 is 0 Å². The van der Waals surface area contributed by atoms with E-state index >= 15 is 0 Å². The Balaban J connectivity index is 2.51. The van der Waals surface area contributed by atoms with E-state index in [1.807, 2.05) is 6.26 Å². The molecule has 0 aliphatic carbocycles. The number of benzene rings is 1. The van der Waals surface area contributed by atoms with E-state index in [1.165, 1.54) is 22.3 Å². The minimum atomic E-state index is 0.227. The second kappa shape index (κ2) is 7.46. The van der Waals surface area contributed by atoms with Crippen LogP contribution in [0.15, 0.2) is 34.9 Å². The van der Waals surface area contributed by atoms with E-state index < -0.39 is 0 Å². The Morgan fingerprint density at radius 3 is 2.38 bits per heavy atom. The molecule has 1 unspecified atom stereocenters. The molecule has 114 valence electrons. The zero-order valence-electron chi connectivity index (χ0n) is 13.7. The second-order valence-corrected chi connectivity index (χ2v) is 5.38. The maximum Gasteiger partial charge on any atom is 0.108 e. The number of hydrogen-bond donors (Lipinski definition) is 1. The van der Waals surface area contributed by atoms with Crippen molar-refractivity contribution in [2.45, 2.75) is 53.0 Å². The molecule has 1 heterocycles. The maximum atomic E-state index is 5.65. The van der Waals surface area contributed by atoms with Gasteiger partial charge in [0, 0.05) is 12.0 Å². The molecule has 2 rings (SSSR count). The van der Waals surface area contributed by atoms with Crippen molar-refractivity contribution in [3.63, 3.8) is 0 Å². The summed E-state index contributed by atoms with van der Waals surface area (Å²) in [5.74, 6) is 1.09. The smallest absolute Gasteiger partial charge is 0.108 e. The summed E-state index contributed by atoms with van der Waals surface area (Å²) < 4.78 is 5.65. The highest BCUT2D eigenvalue weighted by Crippen LogP contribution is 2.30. The van der Waals surface area contributed by atoms with Gasteiger partial charge in [0.2, 0.25) is 0 Å². The molecule has 2 heteroatoms. The lowest BCUT2D eigenvalue weighted by Crippen LogP contribution is -2.23. The fourth-order valence-corrected chi connectivity index (χ4v) is 2.94. The van der Waals surface area contributed by atoms with Gasteiger partial charge in [-0.1, -0.05) is 45.9 Å². The van der Waals surface area contributed by atoms with Crippen LogP contribution in [-0.2, 0) is 19.3 Å². The lowest BCUT2D eigenvalue weighted by molar-refractivity contribution is 0.501. The quantitative estimate of drug-likeness (QED) is 0.800. The van der Waals surface area contributed by atoms with E-state index in [-0.39, 0.29) is 6.04 Å². The zero-order chi connectivity index (χ0) is 15.2. The van der Waals surface area contributed by atoms with Crippen LogP contribution in [0.1, 0.15) is 61.8 Å². The van der Waals surface area contributed by atoms with Crippen LogP contribution in [0, 0.1) is 0 Å². The number of rotatable bonds is 7. The van der Waals surface area contributed by atoms with E-state index in [2.05, 4.69) is 57.3 Å². The van der Waals surface area contributed by atoms with E-state index in [0.717, 1.165) is 31.6 Å². The molecule has 2 aromatic rings. The van der Waals surface area contributed by atoms with Crippen LogP contribution in [0.2, 0.25) is 0 Å². The average molecular weight is 285 g/mol. The minimum absolute atomic E-state index is 0.227. The third kappa shape index (κ3) is 3.38. The highest BCUT2D eigenvalue weighted by Gasteiger charge is 2.20. The number of hydrogen-bond acceptors (Lipinski definition) is 2. The predicted octanol–water partition coefficient (Wildman–Crippen LogP) is 4.67. The molecule has 2 nitrogen and oxygen atoms in total. The Kier molecular flexibility index (Phi) is 5.63. The van der Waals surface area contributed by atoms with Gasteiger partial charge < -0.3 is 9.73 Å². The predicted molar refractivity (Wildman–Crippen MR) is 88.8 cm³/mol. The van der Waals surface area contributed by atoms with Gasteiger partial charge in [0.1, 0.15) is 5.76 Å². The third-order valence-corrected chi connectivity index (χ3v) is 4.13. The van der Waals surface area contributed by atoms with Crippen LogP contribution in [0.5, 0.6) is 0 Å². The van der Waals surface area contributed by atoms with Gasteiger partial charge in [-0.3, -0.25) is 0 Å². The number of aryl methyl sites for hydroxylation is 3. The highest BCUT2D eigenvalue weighted by atomic mass is 16.3. The highest BCUT2D eigenvalue weighted by molar-refractivity contribution is 5.41. The van der Waals surface area contributed by atoms with Crippen LogP contribution in [0.3, 0.4) is 0 Å². The molecule has 0 saturated heterocycles. The summed E-state index contributed by atoms with van der Waals surface area (Å²) in [5.41, 5.74) is 5.49. The number of furan rings is 1. The molecule has 1 aromatic heterocycles. The summed E-state index contributed by atoms with van der Waals surface area (Å²) in [6, 6.07) is 9.24. The second-order valence-electron chi connectivity index (χ2n) is 5.38. The molecule has 0 radical (unpaired) electrons. The van der Waals surface area contributed by atoms with Gasteiger partial charge in [-0.2, -0.15) is 0 Å². The van der Waals surface area contributed by atoms with Gasteiger partial charge in [-0.25, -0.2) is 0 Å². The summed E-state index contributed by atoms with van der Waals surface area (Å²) in [7, 11) is 0. The normalized spacial score (nSPS) is 12.6. The Morgan fingerprint density at radius 2 is 1.76 bits per heavy atom. The summed E-state index contributed by atoms with van der Waals surface area (Å²) in [6.45, 7) is 9.69. The van der Waals surface area contributed by atoms with Crippen molar-refractivity contribution in [1.29, 1.82) is 0 Å². The van der Waals surface area contributed by atoms with Crippen molar-refractivity contribution < 1.29 is 4.42 Å². The van der Waals surface area contributed by atoms with Crippen molar-refractivity contribution in [2.24, 2.45) is 0 Å². The van der Waals surface area contributed by atoms with Crippen LogP contribution in [0.25, 0.3) is 0 Å². The molecule has 1 atom stereocenters. The fraction of sp³-hybridized carbons (Fsp3) is 0.474. The SMILES string of the molecule is CCNC(c1cc(CC)ccc1CC)c1ccoc1CC. The Labute approximate surface area is 128 Å². The Morgan fingerprint density at radius 1 is 0.952 bits per heavy atom. The van der Waals surface area contributed by atoms with E-state index in [9.17, 15) is 0 Å². The molecule has 0 saturated carbocycles. The summed E-state index contributed by atoms with van der Waals surface area (Å²) in [5, 5.41) is 3.64. The zero-order valence-corrected chi connectivity index (χ0v) is 13.7. The van der Waals surface area contributed by atoms with E-state index in [0.29, 0.717) is 0 Å². The average Bonchev–Trinajstić information content (AvgIpc) is 3.00. The standard InChI is InChI=1S/C19H27NO/c1-5-14-9-10-15(6-2)17(13-14)19(20-8-4)16-11-12-21-18(16)7-3/h9-13,19-20H,5-8H2,1-4H3. The van der Waals surface area contributed by atoms with Crippen LogP contribution in [-0.4, -0.2) is 6.54 Å². The molecule has 21 heavy (non-hydrogen) atoms. The molecule has 0 aliphatic heterocycles. The van der Waals surface area contributed by atoms with Gasteiger partial charge >= 0.3 is 0 Å². The molecule has 1 N–H and O–H groups in total. The minimum Gasteiger partial charge on any atom is -0.469 e. The topological polar surface area (TPSA) is 25.2 Å². The van der Waals surface area contributed by atoms with E-state index in [4.69, 9.17) is 4.42 Å². The molecule has 0 aliphatic rings. The first-order chi connectivity index (χ1) is 10.2. The Hall–Kier alpha value is -1.54. The molecular formula is C19H27NO. The molecule has 0 bridgehead atoms. The lowest BCUT2D eigenvalue weighted by Gasteiger charge is -2.22. The van der Waals surface area contributed by atoms with Crippen LogP contribution >= 0.6 is 0 Å². The maximum absolute atomic E-state index is 5.65. The van der Waals surface area contributed by atoms with Crippen LogP contribution < -0.4 is 5.32 Å². The largest absolute Gasteiger partial charge is 0.469 e. The summed E-state index contributed by atoms with van der Waals surface area (Å²) in [6.07, 6.45) is 4.87. The van der Waals surface area contributed by atoms with Crippen LogP contribution in [0.4, 0.5) is 0 Å². The first-order valence-electron chi connectivity index (χ1n) is 8.16. The van der Waals surface area contributed by atoms with Gasteiger partial charge in [-0.15, -0.1) is 0 Å². The van der Waals surface area contributed by atoms with Gasteiger partial charge in [-0.05, 0) is 42.1 Å². The first kappa shape index (κ1) is 15.8. The Bertz CT molecular complexity index is 571. The number of nitrogens with one attached hydrogen (secondary N) is 1. The van der Waals surface area contributed by atoms with Gasteiger partial charge in [0.15, 0.2) is 0 Å². The fourth-order valence-electron chi connectivity index (χ4n) is 2.94. The monoisotopic (exact) mass is 285 g/mol. The first-order valence-corrected chi connectivity index (χ1v) is 8.16. The van der Waals surface area contributed by atoms with Crippen molar-refractivity contribution in [3.8, 4) is 0 Å².